The molecule has 2 aromatic heterocycles. The zero-order valence-electron chi connectivity index (χ0n) is 23.0. The second kappa shape index (κ2) is 12.2. The molecular formula is C28H29N7O6S2. The number of aliphatic carboxylic acids is 1. The van der Waals surface area contributed by atoms with E-state index in [0.29, 0.717) is 30.7 Å². The summed E-state index contributed by atoms with van der Waals surface area (Å²) in [6.07, 6.45) is 10.2. The van der Waals surface area contributed by atoms with Gasteiger partial charge >= 0.3 is 5.97 Å². The number of β-lactam (4-membered cyclic amide) rings is 1. The number of carbonyl (C=O) groups is 4. The maximum atomic E-state index is 13.6. The lowest BCUT2D eigenvalue weighted by atomic mass is 10.00. The number of carbonyl (C=O) groups excluding carboxylic acids is 3. The number of hydrogen-bond acceptors (Lipinski definition) is 11. The van der Waals surface area contributed by atoms with E-state index in [1.54, 1.807) is 28.7 Å². The van der Waals surface area contributed by atoms with Crippen LogP contribution in [0.25, 0.3) is 0 Å². The maximum absolute atomic E-state index is 13.6. The van der Waals surface area contributed by atoms with Crippen LogP contribution in [0.1, 0.15) is 37.7 Å². The Balaban J connectivity index is 1.23. The molecule has 1 aliphatic carbocycles. The van der Waals surface area contributed by atoms with Crippen molar-refractivity contribution in [3.63, 3.8) is 0 Å². The summed E-state index contributed by atoms with van der Waals surface area (Å²) in [5.74, 6) is -2.25. The largest absolute Gasteiger partial charge is 0.477 e. The second-order valence-corrected chi connectivity index (χ2v) is 12.5. The summed E-state index contributed by atoms with van der Waals surface area (Å²) in [4.78, 5) is 70.3. The van der Waals surface area contributed by atoms with Gasteiger partial charge in [0.2, 0.25) is 5.91 Å². The fourth-order valence-electron chi connectivity index (χ4n) is 5.71. The highest BCUT2D eigenvalue weighted by atomic mass is 32.2. The number of amides is 3. The topological polar surface area (TPSA) is 172 Å². The third-order valence-corrected chi connectivity index (χ3v) is 9.75. The van der Waals surface area contributed by atoms with Gasteiger partial charge in [-0.25, -0.2) is 9.78 Å². The van der Waals surface area contributed by atoms with Crippen LogP contribution in [0.4, 0.5) is 10.9 Å². The number of anilines is 2. The molecular weight excluding hydrogens is 594 g/mol. The zero-order chi connectivity index (χ0) is 30.1. The van der Waals surface area contributed by atoms with Crippen molar-refractivity contribution in [2.45, 2.75) is 56.2 Å². The number of nitrogen functional groups attached to an aromatic ring is 1. The summed E-state index contributed by atoms with van der Waals surface area (Å²) in [5.41, 5.74) is 7.44. The van der Waals surface area contributed by atoms with Gasteiger partial charge in [-0.05, 0) is 61.4 Å². The minimum absolute atomic E-state index is 0.0487. The minimum Gasteiger partial charge on any atom is -0.477 e. The molecule has 3 amide bonds. The third-order valence-electron chi connectivity index (χ3n) is 7.80. The Hall–Kier alpha value is -4.24. The first-order chi connectivity index (χ1) is 20.8. The summed E-state index contributed by atoms with van der Waals surface area (Å²) in [6, 6.07) is 2.66. The van der Waals surface area contributed by atoms with Crippen molar-refractivity contribution in [3.05, 3.63) is 58.4 Å². The van der Waals surface area contributed by atoms with Crippen LogP contribution in [0.3, 0.4) is 0 Å². The molecule has 3 N–H and O–H groups in total. The van der Waals surface area contributed by atoms with Crippen molar-refractivity contribution in [2.24, 2.45) is 5.16 Å². The minimum atomic E-state index is -1.29. The lowest BCUT2D eigenvalue weighted by Gasteiger charge is -2.51. The number of thioether (sulfide) groups is 1. The molecule has 3 aliphatic heterocycles. The molecule has 224 valence electrons. The standard InChI is InChI=1S/C28H29N7O6S2/c29-28-32-20(15-43-28)34(21(36)12-31-41-19-3-1-2-4-19)23-25(38)35-22(27(39)40)18(14-42-26(23)35)11-17-7-10-33(24(17)37)13-16-5-8-30-9-6-16/h5-6,8-9,11-12,15,19,23,26H,1-4,7,10,13-14H2,(H2,29,32)(H,39,40)/t23-,26-/m1/s1. The Bertz CT molecular complexity index is 1530. The number of pyridine rings is 1. The molecule has 6 rings (SSSR count). The molecule has 13 nitrogen and oxygen atoms in total. The molecule has 2 saturated heterocycles. The van der Waals surface area contributed by atoms with E-state index in [1.165, 1.54) is 21.6 Å². The number of nitrogens with two attached hydrogens (primary N) is 1. The predicted molar refractivity (Wildman–Crippen MR) is 160 cm³/mol. The van der Waals surface area contributed by atoms with E-state index in [4.69, 9.17) is 10.6 Å². The molecule has 0 spiro atoms. The van der Waals surface area contributed by atoms with Crippen LogP contribution in [0.2, 0.25) is 0 Å². The first-order valence-electron chi connectivity index (χ1n) is 13.8. The Labute approximate surface area is 255 Å². The number of nitrogens with zero attached hydrogens (tertiary/aromatic N) is 6. The molecule has 0 aromatic carbocycles. The van der Waals surface area contributed by atoms with Crippen molar-refractivity contribution in [2.75, 3.05) is 22.9 Å². The third kappa shape index (κ3) is 5.73. The number of likely N-dealkylation sites (tertiary alicyclic amines) is 1. The molecule has 4 aliphatic rings. The van der Waals surface area contributed by atoms with Gasteiger partial charge in [0.05, 0.1) is 0 Å². The van der Waals surface area contributed by atoms with Crippen molar-refractivity contribution in [1.82, 2.24) is 19.8 Å². The molecule has 5 heterocycles. The van der Waals surface area contributed by atoms with Crippen LogP contribution in [0.5, 0.6) is 0 Å². The van der Waals surface area contributed by atoms with Gasteiger partial charge in [0.25, 0.3) is 11.8 Å². The summed E-state index contributed by atoms with van der Waals surface area (Å²) in [5, 5.41) is 15.1. The van der Waals surface area contributed by atoms with Crippen LogP contribution in [-0.2, 0) is 30.6 Å². The van der Waals surface area contributed by atoms with Crippen LogP contribution in [0, 0.1) is 0 Å². The maximum Gasteiger partial charge on any atom is 0.352 e. The highest BCUT2D eigenvalue weighted by molar-refractivity contribution is 8.00. The van der Waals surface area contributed by atoms with E-state index in [2.05, 4.69) is 15.1 Å². The summed E-state index contributed by atoms with van der Waals surface area (Å²) in [6.45, 7) is 0.926. The molecule has 0 bridgehead atoms. The molecule has 3 fully saturated rings. The van der Waals surface area contributed by atoms with E-state index < -0.39 is 29.2 Å². The van der Waals surface area contributed by atoms with Gasteiger partial charge in [-0.15, -0.1) is 23.1 Å². The smallest absolute Gasteiger partial charge is 0.352 e. The van der Waals surface area contributed by atoms with Crippen LogP contribution in [-0.4, -0.2) is 84.6 Å². The summed E-state index contributed by atoms with van der Waals surface area (Å²) >= 11 is 2.43. The first kappa shape index (κ1) is 28.9. The highest BCUT2D eigenvalue weighted by Crippen LogP contribution is 2.44. The summed E-state index contributed by atoms with van der Waals surface area (Å²) in [7, 11) is 0. The number of fused-ring (bicyclic) bond motifs is 1. The Morgan fingerprint density at radius 1 is 1.23 bits per heavy atom. The van der Waals surface area contributed by atoms with Gasteiger partial charge in [-0.3, -0.25) is 29.2 Å². The van der Waals surface area contributed by atoms with E-state index in [0.717, 1.165) is 48.8 Å². The van der Waals surface area contributed by atoms with Crippen LogP contribution < -0.4 is 10.6 Å². The van der Waals surface area contributed by atoms with E-state index in [9.17, 15) is 24.3 Å². The number of rotatable bonds is 9. The Morgan fingerprint density at radius 3 is 2.70 bits per heavy atom. The Kier molecular flexibility index (Phi) is 8.17. The van der Waals surface area contributed by atoms with E-state index in [1.807, 2.05) is 12.1 Å². The summed E-state index contributed by atoms with van der Waals surface area (Å²) < 4.78 is 0. The van der Waals surface area contributed by atoms with Crippen molar-refractivity contribution in [3.8, 4) is 0 Å². The average Bonchev–Trinajstić information content (AvgIpc) is 3.75. The van der Waals surface area contributed by atoms with Crippen molar-refractivity contribution >= 4 is 64.0 Å². The van der Waals surface area contributed by atoms with Crippen LogP contribution in [0.15, 0.2) is 58.0 Å². The number of oxime groups is 1. The number of carboxylic acids is 1. The Morgan fingerprint density at radius 2 is 2.00 bits per heavy atom. The fraction of sp³-hybridized carbons (Fsp3) is 0.393. The lowest BCUT2D eigenvalue weighted by Crippen LogP contribution is -2.71. The number of thiazole rings is 1. The second-order valence-electron chi connectivity index (χ2n) is 10.5. The molecule has 0 unspecified atom stereocenters. The molecule has 2 atom stereocenters. The van der Waals surface area contributed by atoms with Gasteiger partial charge in [0.1, 0.15) is 35.2 Å². The molecule has 2 aromatic rings. The molecule has 15 heteroatoms. The monoisotopic (exact) mass is 623 g/mol. The lowest BCUT2D eigenvalue weighted by molar-refractivity contribution is -0.148. The van der Waals surface area contributed by atoms with Gasteiger partial charge < -0.3 is 20.6 Å². The number of carboxylic acid groups (broad SMARTS) is 1. The van der Waals surface area contributed by atoms with Crippen LogP contribution >= 0.6 is 23.1 Å². The molecule has 0 radical (unpaired) electrons. The highest BCUT2D eigenvalue weighted by Gasteiger charge is 2.57. The molecule has 1 saturated carbocycles. The van der Waals surface area contributed by atoms with Gasteiger partial charge in [-0.2, -0.15) is 0 Å². The zero-order valence-corrected chi connectivity index (χ0v) is 24.6. The van der Waals surface area contributed by atoms with Gasteiger partial charge in [0.15, 0.2) is 5.13 Å². The van der Waals surface area contributed by atoms with E-state index in [-0.39, 0.29) is 34.4 Å². The number of allylic oxidation sites excluding steroid dienone is 1. The first-order valence-corrected chi connectivity index (χ1v) is 15.8. The fourth-order valence-corrected chi connectivity index (χ4v) is 7.60. The SMILES string of the molecule is Nc1nc(N(C(=O)C=NOC2CCCC2)[C@@H]2C(=O)N3C(C(=O)O)=C(C=C4CCN(Cc5ccncc5)C4=O)CS[C@H]23)cs1. The number of aromatic nitrogens is 2. The van der Waals surface area contributed by atoms with Gasteiger partial charge in [-0.1, -0.05) is 5.16 Å². The van der Waals surface area contributed by atoms with Gasteiger partial charge in [0, 0.05) is 42.2 Å². The average molecular weight is 624 g/mol. The quantitative estimate of drug-likeness (QED) is 0.183. The van der Waals surface area contributed by atoms with E-state index >= 15 is 0 Å². The molecule has 43 heavy (non-hydrogen) atoms. The van der Waals surface area contributed by atoms with Crippen molar-refractivity contribution in [1.29, 1.82) is 0 Å². The van der Waals surface area contributed by atoms with Crippen molar-refractivity contribution < 1.29 is 29.1 Å². The normalized spacial score (nSPS) is 23.3. The number of hydrogen-bond donors (Lipinski definition) is 2. The predicted octanol–water partition coefficient (Wildman–Crippen LogP) is 2.38.